The topological polar surface area (TPSA) is 97.3 Å². The minimum atomic E-state index is 0.303. The minimum absolute atomic E-state index is 0.303. The predicted molar refractivity (Wildman–Crippen MR) is 109 cm³/mol. The highest BCUT2D eigenvalue weighted by molar-refractivity contribution is 5.83. The molecule has 1 aliphatic heterocycles. The van der Waals surface area contributed by atoms with Gasteiger partial charge in [-0.25, -0.2) is 0 Å². The molecule has 1 fully saturated rings. The van der Waals surface area contributed by atoms with Gasteiger partial charge in [0, 0.05) is 13.2 Å². The van der Waals surface area contributed by atoms with Gasteiger partial charge in [-0.05, 0) is 38.5 Å². The lowest BCUT2D eigenvalue weighted by Gasteiger charge is -2.22. The maximum atomic E-state index is 6.08. The lowest BCUT2D eigenvalue weighted by molar-refractivity contribution is 0.00975. The number of nitrogens with zero attached hydrogens (tertiary/aromatic N) is 4. The van der Waals surface area contributed by atoms with Crippen molar-refractivity contribution >= 4 is 17.0 Å². The second kappa shape index (κ2) is 10.5. The molecule has 0 saturated carbocycles. The van der Waals surface area contributed by atoms with Crippen LogP contribution in [0.1, 0.15) is 64.7 Å². The highest BCUT2D eigenvalue weighted by Crippen LogP contribution is 2.26. The average molecular weight is 392 g/mol. The number of aromatic nitrogens is 4. The first-order valence-electron chi connectivity index (χ1n) is 10.5. The van der Waals surface area contributed by atoms with E-state index >= 15 is 0 Å². The Hall–Kier alpha value is -2.09. The van der Waals surface area contributed by atoms with E-state index in [2.05, 4.69) is 21.9 Å². The molecule has 2 aromatic heterocycles. The van der Waals surface area contributed by atoms with Crippen LogP contribution in [0.4, 0.5) is 5.82 Å². The highest BCUT2D eigenvalue weighted by Gasteiger charge is 2.18. The van der Waals surface area contributed by atoms with Crippen LogP contribution >= 0.6 is 0 Å². The quantitative estimate of drug-likeness (QED) is 0.583. The van der Waals surface area contributed by atoms with E-state index in [0.29, 0.717) is 41.7 Å². The molecule has 3 heterocycles. The van der Waals surface area contributed by atoms with Crippen molar-refractivity contribution in [1.29, 1.82) is 0 Å². The number of hydrogen-bond acceptors (Lipinski definition) is 7. The molecular formula is C20H33N5O3. The summed E-state index contributed by atoms with van der Waals surface area (Å²) < 4.78 is 18.9. The van der Waals surface area contributed by atoms with Crippen LogP contribution in [0.25, 0.3) is 11.2 Å². The van der Waals surface area contributed by atoms with E-state index in [0.717, 1.165) is 45.3 Å². The fraction of sp³-hybridized carbons (Fsp3) is 0.750. The summed E-state index contributed by atoms with van der Waals surface area (Å²) in [5.41, 5.74) is 7.32. The monoisotopic (exact) mass is 391 g/mol. The molecule has 0 aliphatic carbocycles. The van der Waals surface area contributed by atoms with E-state index in [-0.39, 0.29) is 0 Å². The zero-order chi connectivity index (χ0) is 19.8. The van der Waals surface area contributed by atoms with Gasteiger partial charge in [-0.2, -0.15) is 15.0 Å². The van der Waals surface area contributed by atoms with Crippen molar-refractivity contribution in [3.8, 4) is 12.0 Å². The van der Waals surface area contributed by atoms with Gasteiger partial charge in [0.15, 0.2) is 17.0 Å². The van der Waals surface area contributed by atoms with Crippen LogP contribution < -0.4 is 15.2 Å². The van der Waals surface area contributed by atoms with Gasteiger partial charge in [0.2, 0.25) is 0 Å². The summed E-state index contributed by atoms with van der Waals surface area (Å²) in [5.74, 6) is 0.322. The van der Waals surface area contributed by atoms with Gasteiger partial charge in [-0.3, -0.25) is 4.57 Å². The molecule has 28 heavy (non-hydrogen) atoms. The van der Waals surface area contributed by atoms with Crippen LogP contribution in [0.5, 0.6) is 12.0 Å². The van der Waals surface area contributed by atoms with Crippen LogP contribution in [-0.2, 0) is 11.3 Å². The van der Waals surface area contributed by atoms with Gasteiger partial charge in [0.25, 0.3) is 6.01 Å². The molecule has 0 amide bonds. The van der Waals surface area contributed by atoms with Crippen molar-refractivity contribution in [2.75, 3.05) is 26.1 Å². The second-order valence-electron chi connectivity index (χ2n) is 7.35. The summed E-state index contributed by atoms with van der Waals surface area (Å²) in [6, 6.07) is 0.814. The summed E-state index contributed by atoms with van der Waals surface area (Å²) in [5, 5.41) is 0. The number of hydrogen-bond donors (Lipinski definition) is 1. The van der Waals surface area contributed by atoms with E-state index in [1.54, 1.807) is 7.11 Å². The maximum absolute atomic E-state index is 6.08. The molecule has 0 aromatic carbocycles. The van der Waals surface area contributed by atoms with Crippen molar-refractivity contribution in [1.82, 2.24) is 19.5 Å². The number of unbranched alkanes of at least 4 members (excludes halogenated alkanes) is 3. The third-order valence-corrected chi connectivity index (χ3v) is 5.16. The molecule has 1 saturated heterocycles. The SMILES string of the molecule is CCCCOc1nc(N)c2nc(OC)n(CCCCCC3CCCCO3)c2n1. The molecule has 1 aliphatic rings. The highest BCUT2D eigenvalue weighted by atomic mass is 16.5. The van der Waals surface area contributed by atoms with Crippen LogP contribution in [0.3, 0.4) is 0 Å². The van der Waals surface area contributed by atoms with Gasteiger partial charge in [-0.15, -0.1) is 0 Å². The number of methoxy groups -OCH3 is 1. The second-order valence-corrected chi connectivity index (χ2v) is 7.35. The average Bonchev–Trinajstić information content (AvgIpc) is 3.07. The molecule has 1 unspecified atom stereocenters. The lowest BCUT2D eigenvalue weighted by Crippen LogP contribution is -2.18. The van der Waals surface area contributed by atoms with Crippen molar-refractivity contribution in [3.63, 3.8) is 0 Å². The van der Waals surface area contributed by atoms with Crippen molar-refractivity contribution < 1.29 is 14.2 Å². The lowest BCUT2D eigenvalue weighted by atomic mass is 10.0. The summed E-state index contributed by atoms with van der Waals surface area (Å²) in [6.07, 6.45) is 10.6. The normalized spacial score (nSPS) is 17.1. The Morgan fingerprint density at radius 3 is 2.79 bits per heavy atom. The summed E-state index contributed by atoms with van der Waals surface area (Å²) >= 11 is 0. The molecule has 0 radical (unpaired) electrons. The van der Waals surface area contributed by atoms with E-state index in [1.165, 1.54) is 25.7 Å². The van der Waals surface area contributed by atoms with Crippen LogP contribution in [0.2, 0.25) is 0 Å². The largest absolute Gasteiger partial charge is 0.468 e. The zero-order valence-electron chi connectivity index (χ0n) is 17.2. The van der Waals surface area contributed by atoms with E-state index in [4.69, 9.17) is 19.9 Å². The van der Waals surface area contributed by atoms with E-state index < -0.39 is 0 Å². The Kier molecular flexibility index (Phi) is 7.71. The number of nitrogens with two attached hydrogens (primary N) is 1. The Morgan fingerprint density at radius 1 is 1.14 bits per heavy atom. The Morgan fingerprint density at radius 2 is 2.04 bits per heavy atom. The zero-order valence-corrected chi connectivity index (χ0v) is 17.2. The van der Waals surface area contributed by atoms with Crippen molar-refractivity contribution in [2.24, 2.45) is 0 Å². The molecule has 156 valence electrons. The third-order valence-electron chi connectivity index (χ3n) is 5.16. The van der Waals surface area contributed by atoms with Crippen molar-refractivity contribution in [2.45, 2.75) is 77.4 Å². The van der Waals surface area contributed by atoms with Gasteiger partial charge >= 0.3 is 6.01 Å². The van der Waals surface area contributed by atoms with Crippen LogP contribution in [-0.4, -0.2) is 45.9 Å². The predicted octanol–water partition coefficient (Wildman–Crippen LogP) is 3.73. The van der Waals surface area contributed by atoms with Gasteiger partial charge in [0.05, 0.1) is 19.8 Å². The van der Waals surface area contributed by atoms with Gasteiger partial charge < -0.3 is 19.9 Å². The van der Waals surface area contributed by atoms with Gasteiger partial charge in [-0.1, -0.05) is 26.2 Å². The molecule has 8 heteroatoms. The van der Waals surface area contributed by atoms with E-state index in [9.17, 15) is 0 Å². The first kappa shape index (κ1) is 20.6. The fourth-order valence-electron chi connectivity index (χ4n) is 3.56. The summed E-state index contributed by atoms with van der Waals surface area (Å²) in [4.78, 5) is 13.2. The molecule has 2 N–H and O–H groups in total. The number of imidazole rings is 1. The number of aryl methyl sites for hydroxylation is 1. The summed E-state index contributed by atoms with van der Waals surface area (Å²) in [7, 11) is 1.61. The number of fused-ring (bicyclic) bond motifs is 1. The first-order valence-corrected chi connectivity index (χ1v) is 10.5. The minimum Gasteiger partial charge on any atom is -0.468 e. The molecule has 8 nitrogen and oxygen atoms in total. The molecule has 3 rings (SSSR count). The van der Waals surface area contributed by atoms with Gasteiger partial charge in [0.1, 0.15) is 0 Å². The Labute approximate surface area is 166 Å². The molecule has 0 spiro atoms. The standard InChI is InChI=1S/C20H33N5O3/c1-3-4-13-28-19-23-17(21)16-18(24-19)25(20(22-16)26-2)12-8-5-6-10-15-11-7-9-14-27-15/h15H,3-14H2,1-2H3,(H2,21,23,24). The molecule has 2 aromatic rings. The maximum Gasteiger partial charge on any atom is 0.320 e. The van der Waals surface area contributed by atoms with Crippen LogP contribution in [0, 0.1) is 0 Å². The van der Waals surface area contributed by atoms with Crippen molar-refractivity contribution in [3.05, 3.63) is 0 Å². The smallest absolute Gasteiger partial charge is 0.320 e. The number of rotatable bonds is 11. The number of ether oxygens (including phenoxy) is 3. The third kappa shape index (κ3) is 5.25. The summed E-state index contributed by atoms with van der Waals surface area (Å²) in [6.45, 7) is 4.39. The molecule has 1 atom stereocenters. The van der Waals surface area contributed by atoms with E-state index in [1.807, 2.05) is 4.57 Å². The number of nitrogen functional groups attached to an aromatic ring is 1. The molecule has 0 bridgehead atoms. The Balaban J connectivity index is 1.61. The fourth-order valence-corrected chi connectivity index (χ4v) is 3.56. The Bertz CT molecular complexity index is 743. The molecular weight excluding hydrogens is 358 g/mol. The van der Waals surface area contributed by atoms with Crippen LogP contribution in [0.15, 0.2) is 0 Å². The number of anilines is 1. The first-order chi connectivity index (χ1) is 13.7.